The Kier molecular flexibility index (Phi) is 6.80. The van der Waals surface area contributed by atoms with Gasteiger partial charge in [0.05, 0.1) is 22.3 Å². The van der Waals surface area contributed by atoms with Gasteiger partial charge in [-0.2, -0.15) is 0 Å². The highest BCUT2D eigenvalue weighted by atomic mass is 32.2. The molecule has 0 bridgehead atoms. The van der Waals surface area contributed by atoms with Crippen LogP contribution in [0.25, 0.3) is 0 Å². The molecule has 1 aliphatic rings. The molecule has 174 valence electrons. The highest BCUT2D eigenvalue weighted by Gasteiger charge is 2.42. The van der Waals surface area contributed by atoms with Crippen molar-refractivity contribution in [3.05, 3.63) is 59.2 Å². The second kappa shape index (κ2) is 8.93. The first-order valence-electron chi connectivity index (χ1n) is 10.2. The summed E-state index contributed by atoms with van der Waals surface area (Å²) < 4.78 is 54.1. The lowest BCUT2D eigenvalue weighted by Crippen LogP contribution is -2.35. The number of amides is 1. The molecule has 0 aliphatic carbocycles. The number of anilines is 1. The molecule has 8 nitrogen and oxygen atoms in total. The summed E-state index contributed by atoms with van der Waals surface area (Å²) in [6.45, 7) is 5.30. The SMILES string of the molecule is Cc1ccc(C(CNS(=O)(=O)c2ccc(N3C(=O)C(C)CS3(=O)=O)cc2C)N(C)C)cc1. The standard InChI is InChI=1S/C22H29N3O5S2/c1-15-6-8-18(9-7-15)20(24(4)5)13-23-32(29,30)21-11-10-19(12-16(21)2)25-22(26)17(3)14-31(25,27)28/h6-12,17,20,23H,13-14H2,1-5H3. The Morgan fingerprint density at radius 3 is 2.25 bits per heavy atom. The van der Waals surface area contributed by atoms with E-state index in [9.17, 15) is 21.6 Å². The number of carbonyl (C=O) groups excluding carboxylic acids is 1. The molecule has 10 heteroatoms. The van der Waals surface area contributed by atoms with Gasteiger partial charge >= 0.3 is 0 Å². The number of nitrogens with one attached hydrogen (secondary N) is 1. The van der Waals surface area contributed by atoms with Crippen LogP contribution in [0.4, 0.5) is 5.69 Å². The van der Waals surface area contributed by atoms with Gasteiger partial charge in [0.1, 0.15) is 0 Å². The highest BCUT2D eigenvalue weighted by molar-refractivity contribution is 7.94. The van der Waals surface area contributed by atoms with Crippen molar-refractivity contribution >= 4 is 31.6 Å². The van der Waals surface area contributed by atoms with Crippen molar-refractivity contribution in [3.63, 3.8) is 0 Å². The molecule has 2 atom stereocenters. The zero-order valence-corrected chi connectivity index (χ0v) is 20.5. The number of likely N-dealkylation sites (N-methyl/N-ethyl adjacent to an activating group) is 1. The van der Waals surface area contributed by atoms with E-state index in [0.29, 0.717) is 5.56 Å². The van der Waals surface area contributed by atoms with E-state index in [1.165, 1.54) is 18.2 Å². The molecule has 32 heavy (non-hydrogen) atoms. The number of nitrogens with zero attached hydrogens (tertiary/aromatic N) is 2. The lowest BCUT2D eigenvalue weighted by Gasteiger charge is -2.25. The predicted molar refractivity (Wildman–Crippen MR) is 124 cm³/mol. The van der Waals surface area contributed by atoms with E-state index in [0.717, 1.165) is 15.4 Å². The summed E-state index contributed by atoms with van der Waals surface area (Å²) in [4.78, 5) is 14.3. The molecule has 2 unspecified atom stereocenters. The summed E-state index contributed by atoms with van der Waals surface area (Å²) in [5.74, 6) is -1.39. The number of hydrogen-bond acceptors (Lipinski definition) is 6. The topological polar surface area (TPSA) is 104 Å². The molecule has 0 aromatic heterocycles. The van der Waals surface area contributed by atoms with E-state index < -0.39 is 31.9 Å². The zero-order valence-electron chi connectivity index (χ0n) is 18.9. The second-order valence-electron chi connectivity index (χ2n) is 8.47. The van der Waals surface area contributed by atoms with Gasteiger partial charge in [-0.1, -0.05) is 36.8 Å². The minimum atomic E-state index is -3.86. The van der Waals surface area contributed by atoms with Crippen LogP contribution < -0.4 is 9.03 Å². The summed E-state index contributed by atoms with van der Waals surface area (Å²) in [6.07, 6.45) is 0. The van der Waals surface area contributed by atoms with Gasteiger partial charge in [0.2, 0.25) is 26.0 Å². The molecule has 1 fully saturated rings. The minimum absolute atomic E-state index is 0.0414. The molecule has 1 N–H and O–H groups in total. The van der Waals surface area contributed by atoms with Crippen LogP contribution in [0.3, 0.4) is 0 Å². The van der Waals surface area contributed by atoms with E-state index in [4.69, 9.17) is 0 Å². The quantitative estimate of drug-likeness (QED) is 0.653. The van der Waals surface area contributed by atoms with Gasteiger partial charge in [-0.15, -0.1) is 0 Å². The molecule has 0 saturated carbocycles. The van der Waals surface area contributed by atoms with Crippen molar-refractivity contribution in [2.45, 2.75) is 31.7 Å². The molecule has 1 aliphatic heterocycles. The van der Waals surface area contributed by atoms with Crippen LogP contribution in [0.1, 0.15) is 29.7 Å². The first-order valence-corrected chi connectivity index (χ1v) is 13.3. The maximum atomic E-state index is 13.0. The maximum absolute atomic E-state index is 13.0. The molecule has 2 aromatic carbocycles. The van der Waals surface area contributed by atoms with Crippen LogP contribution >= 0.6 is 0 Å². The number of hydrogen-bond donors (Lipinski definition) is 1. The number of carbonyl (C=O) groups is 1. The van der Waals surface area contributed by atoms with Gasteiger partial charge in [-0.25, -0.2) is 25.9 Å². The van der Waals surface area contributed by atoms with E-state index in [-0.39, 0.29) is 28.9 Å². The summed E-state index contributed by atoms with van der Waals surface area (Å²) >= 11 is 0. The Morgan fingerprint density at radius 2 is 1.75 bits per heavy atom. The molecule has 0 radical (unpaired) electrons. The monoisotopic (exact) mass is 479 g/mol. The average Bonchev–Trinajstić information content (AvgIpc) is 2.89. The first kappa shape index (κ1) is 24.4. The molecule has 0 spiro atoms. The Bertz CT molecular complexity index is 1220. The maximum Gasteiger partial charge on any atom is 0.244 e. The lowest BCUT2D eigenvalue weighted by molar-refractivity contribution is -0.119. The second-order valence-corrected chi connectivity index (χ2v) is 12.1. The third-order valence-electron chi connectivity index (χ3n) is 5.60. The normalized spacial score (nSPS) is 19.5. The lowest BCUT2D eigenvalue weighted by atomic mass is 10.0. The Morgan fingerprint density at radius 1 is 1.12 bits per heavy atom. The minimum Gasteiger partial charge on any atom is -0.301 e. The van der Waals surface area contributed by atoms with Crippen molar-refractivity contribution in [1.29, 1.82) is 0 Å². The highest BCUT2D eigenvalue weighted by Crippen LogP contribution is 2.31. The molecular weight excluding hydrogens is 450 g/mol. The Hall–Kier alpha value is -2.27. The molecule has 1 amide bonds. The van der Waals surface area contributed by atoms with Gasteiger partial charge in [0.15, 0.2) is 0 Å². The number of rotatable bonds is 7. The van der Waals surface area contributed by atoms with Crippen molar-refractivity contribution in [3.8, 4) is 0 Å². The first-order chi connectivity index (χ1) is 14.8. The van der Waals surface area contributed by atoms with Crippen molar-refractivity contribution in [1.82, 2.24) is 9.62 Å². The smallest absolute Gasteiger partial charge is 0.244 e. The third-order valence-corrected chi connectivity index (χ3v) is 9.05. The van der Waals surface area contributed by atoms with Crippen molar-refractivity contribution in [2.24, 2.45) is 5.92 Å². The fourth-order valence-electron chi connectivity index (χ4n) is 3.80. The molecule has 2 aromatic rings. The number of benzene rings is 2. The predicted octanol–water partition coefficient (Wildman–Crippen LogP) is 2.20. The van der Waals surface area contributed by atoms with Crippen LogP contribution in [0.2, 0.25) is 0 Å². The van der Waals surface area contributed by atoms with E-state index >= 15 is 0 Å². The summed E-state index contributed by atoms with van der Waals surface area (Å²) in [7, 11) is -3.85. The van der Waals surface area contributed by atoms with Gasteiger partial charge < -0.3 is 4.90 Å². The van der Waals surface area contributed by atoms with Crippen molar-refractivity contribution < 1.29 is 21.6 Å². The van der Waals surface area contributed by atoms with Crippen LogP contribution in [0.15, 0.2) is 47.4 Å². The van der Waals surface area contributed by atoms with E-state index in [1.807, 2.05) is 50.2 Å². The average molecular weight is 480 g/mol. The largest absolute Gasteiger partial charge is 0.301 e. The fraction of sp³-hybridized carbons (Fsp3) is 0.409. The number of sulfonamides is 2. The van der Waals surface area contributed by atoms with E-state index in [2.05, 4.69) is 4.72 Å². The van der Waals surface area contributed by atoms with Gasteiger partial charge in [0.25, 0.3) is 0 Å². The van der Waals surface area contributed by atoms with Gasteiger partial charge in [-0.3, -0.25) is 4.79 Å². The fourth-order valence-corrected chi connectivity index (χ4v) is 6.88. The van der Waals surface area contributed by atoms with Crippen LogP contribution in [0.5, 0.6) is 0 Å². The summed E-state index contributed by atoms with van der Waals surface area (Å²) in [6, 6.07) is 11.9. The van der Waals surface area contributed by atoms with Crippen LogP contribution in [-0.2, 0) is 24.8 Å². The Labute approximate surface area is 190 Å². The van der Waals surface area contributed by atoms with E-state index in [1.54, 1.807) is 13.8 Å². The summed E-state index contributed by atoms with van der Waals surface area (Å²) in [5.41, 5.74) is 2.62. The summed E-state index contributed by atoms with van der Waals surface area (Å²) in [5, 5.41) is 0. The molecular formula is C22H29N3O5S2. The van der Waals surface area contributed by atoms with Crippen LogP contribution in [0, 0.1) is 19.8 Å². The molecule has 3 rings (SSSR count). The van der Waals surface area contributed by atoms with Gasteiger partial charge in [-0.05, 0) is 57.3 Å². The van der Waals surface area contributed by atoms with Crippen molar-refractivity contribution in [2.75, 3.05) is 30.7 Å². The molecule has 1 heterocycles. The molecule has 1 saturated heterocycles. The zero-order chi connectivity index (χ0) is 23.8. The third kappa shape index (κ3) is 4.88. The van der Waals surface area contributed by atoms with Crippen LogP contribution in [-0.4, -0.2) is 54.0 Å². The van der Waals surface area contributed by atoms with Gasteiger partial charge in [0, 0.05) is 12.6 Å². The Balaban J connectivity index is 1.84. The number of aryl methyl sites for hydroxylation is 2.